The van der Waals surface area contributed by atoms with Crippen LogP contribution in [0.25, 0.3) is 0 Å². The quantitative estimate of drug-likeness (QED) is 0.288. The zero-order chi connectivity index (χ0) is 18.6. The molecule has 0 radical (unpaired) electrons. The molecule has 3 N–H and O–H groups in total. The molecule has 0 saturated carbocycles. The summed E-state index contributed by atoms with van der Waals surface area (Å²) in [4.78, 5) is 11.9. The summed E-state index contributed by atoms with van der Waals surface area (Å²) >= 11 is 0. The fourth-order valence-electron chi connectivity index (χ4n) is 3.16. The molecule has 0 aromatic carbocycles. The average Bonchev–Trinajstić information content (AvgIpc) is 2.62. The van der Waals surface area contributed by atoms with Crippen molar-refractivity contribution < 1.29 is 9.90 Å². The van der Waals surface area contributed by atoms with E-state index in [-0.39, 0.29) is 12.6 Å². The van der Waals surface area contributed by atoms with E-state index in [4.69, 9.17) is 5.11 Å². The Morgan fingerprint density at radius 3 is 1.88 bits per heavy atom. The van der Waals surface area contributed by atoms with E-state index in [1.54, 1.807) is 0 Å². The highest BCUT2D eigenvalue weighted by Gasteiger charge is 2.10. The number of hydrogen-bond acceptors (Lipinski definition) is 2. The number of nitrogens with one attached hydrogen (secondary N) is 2. The first kappa shape index (κ1) is 24.2. The lowest BCUT2D eigenvalue weighted by Crippen LogP contribution is -2.38. The molecule has 4 heteroatoms. The Hall–Kier alpha value is -0.770. The van der Waals surface area contributed by atoms with Crippen LogP contribution in [0.5, 0.6) is 0 Å². The summed E-state index contributed by atoms with van der Waals surface area (Å²) in [6.45, 7) is 6.31. The van der Waals surface area contributed by atoms with Gasteiger partial charge < -0.3 is 15.7 Å². The van der Waals surface area contributed by atoms with Crippen molar-refractivity contribution in [2.45, 2.75) is 104 Å². The van der Waals surface area contributed by atoms with E-state index in [2.05, 4.69) is 24.5 Å². The average molecular weight is 357 g/mol. The molecule has 25 heavy (non-hydrogen) atoms. The predicted molar refractivity (Wildman–Crippen MR) is 108 cm³/mol. The molecule has 0 unspecified atom stereocenters. The first-order chi connectivity index (χ1) is 12.2. The third-order valence-electron chi connectivity index (χ3n) is 4.85. The van der Waals surface area contributed by atoms with Gasteiger partial charge in [0.25, 0.3) is 0 Å². The van der Waals surface area contributed by atoms with E-state index in [9.17, 15) is 4.79 Å². The fourth-order valence-corrected chi connectivity index (χ4v) is 3.16. The molecule has 4 nitrogen and oxygen atoms in total. The largest absolute Gasteiger partial charge is 0.396 e. The van der Waals surface area contributed by atoms with Crippen LogP contribution in [0.15, 0.2) is 0 Å². The molecule has 0 bridgehead atoms. The van der Waals surface area contributed by atoms with Crippen molar-refractivity contribution >= 4 is 6.03 Å². The van der Waals surface area contributed by atoms with Gasteiger partial charge in [-0.1, -0.05) is 78.1 Å². The van der Waals surface area contributed by atoms with Crippen LogP contribution < -0.4 is 10.6 Å². The minimum atomic E-state index is -0.0192. The second-order valence-electron chi connectivity index (χ2n) is 7.34. The number of unbranched alkanes of at least 4 members (excludes halogenated alkanes) is 9. The number of urea groups is 1. The van der Waals surface area contributed by atoms with Crippen molar-refractivity contribution in [2.75, 3.05) is 19.7 Å². The molecule has 0 aromatic heterocycles. The van der Waals surface area contributed by atoms with E-state index in [1.807, 2.05) is 0 Å². The molecule has 150 valence electrons. The number of aliphatic hydroxyl groups is 1. The third-order valence-corrected chi connectivity index (χ3v) is 4.85. The van der Waals surface area contributed by atoms with E-state index in [1.165, 1.54) is 64.2 Å². The van der Waals surface area contributed by atoms with Crippen molar-refractivity contribution in [3.05, 3.63) is 0 Å². The Labute approximate surface area is 156 Å². The Kier molecular flexibility index (Phi) is 19.0. The summed E-state index contributed by atoms with van der Waals surface area (Å²) in [6.07, 6.45) is 16.9. The second-order valence-corrected chi connectivity index (χ2v) is 7.34. The molecule has 0 heterocycles. The topological polar surface area (TPSA) is 61.4 Å². The van der Waals surface area contributed by atoms with Crippen LogP contribution in [-0.4, -0.2) is 30.8 Å². The molecule has 2 amide bonds. The molecule has 0 spiro atoms. The Morgan fingerprint density at radius 2 is 1.32 bits per heavy atom. The molecule has 0 aliphatic rings. The maximum Gasteiger partial charge on any atom is 0.314 e. The molecular weight excluding hydrogens is 312 g/mol. The SMILES string of the molecule is CCCCCCC(CCCCCC)CNC(=O)NCCCCCCO. The Balaban J connectivity index is 3.85. The van der Waals surface area contributed by atoms with Crippen LogP contribution in [-0.2, 0) is 0 Å². The third kappa shape index (κ3) is 17.8. The van der Waals surface area contributed by atoms with E-state index < -0.39 is 0 Å². The molecule has 0 aliphatic heterocycles. The van der Waals surface area contributed by atoms with E-state index in [0.29, 0.717) is 5.92 Å². The molecular formula is C21H44N2O2. The van der Waals surface area contributed by atoms with Gasteiger partial charge in [0.15, 0.2) is 0 Å². The van der Waals surface area contributed by atoms with Gasteiger partial charge >= 0.3 is 6.03 Å². The van der Waals surface area contributed by atoms with E-state index in [0.717, 1.165) is 38.8 Å². The van der Waals surface area contributed by atoms with Crippen LogP contribution in [0.1, 0.15) is 104 Å². The maximum absolute atomic E-state index is 11.9. The number of carbonyl (C=O) groups excluding carboxylic acids is 1. The number of hydrogen-bond donors (Lipinski definition) is 3. The van der Waals surface area contributed by atoms with Crippen LogP contribution in [0, 0.1) is 5.92 Å². The summed E-state index contributed by atoms with van der Waals surface area (Å²) in [5.41, 5.74) is 0. The minimum Gasteiger partial charge on any atom is -0.396 e. The van der Waals surface area contributed by atoms with Crippen LogP contribution in [0.3, 0.4) is 0 Å². The molecule has 0 aromatic rings. The molecule has 0 atom stereocenters. The minimum absolute atomic E-state index is 0.0192. The predicted octanol–water partition coefficient (Wildman–Crippen LogP) is 5.40. The Bertz CT molecular complexity index is 273. The summed E-state index contributed by atoms with van der Waals surface area (Å²) in [6, 6.07) is -0.0192. The molecule has 0 fully saturated rings. The normalized spacial score (nSPS) is 11.0. The highest BCUT2D eigenvalue weighted by atomic mass is 16.2. The van der Waals surface area contributed by atoms with Crippen molar-refractivity contribution in [3.63, 3.8) is 0 Å². The van der Waals surface area contributed by atoms with E-state index >= 15 is 0 Å². The number of amides is 2. The lowest BCUT2D eigenvalue weighted by molar-refractivity contribution is 0.237. The van der Waals surface area contributed by atoms with Gasteiger partial charge in [0.2, 0.25) is 0 Å². The van der Waals surface area contributed by atoms with Gasteiger partial charge in [0.1, 0.15) is 0 Å². The van der Waals surface area contributed by atoms with Gasteiger partial charge in [-0.05, 0) is 31.6 Å². The first-order valence-electron chi connectivity index (χ1n) is 10.9. The first-order valence-corrected chi connectivity index (χ1v) is 10.9. The summed E-state index contributed by atoms with van der Waals surface area (Å²) in [7, 11) is 0. The lowest BCUT2D eigenvalue weighted by atomic mass is 9.94. The summed E-state index contributed by atoms with van der Waals surface area (Å²) < 4.78 is 0. The molecule has 0 saturated heterocycles. The number of carbonyl (C=O) groups is 1. The van der Waals surface area contributed by atoms with Gasteiger partial charge in [-0.15, -0.1) is 0 Å². The van der Waals surface area contributed by atoms with Crippen LogP contribution in [0.4, 0.5) is 4.79 Å². The molecule has 0 aliphatic carbocycles. The zero-order valence-electron chi connectivity index (χ0n) is 17.0. The summed E-state index contributed by atoms with van der Waals surface area (Å²) in [5, 5.41) is 14.8. The highest BCUT2D eigenvalue weighted by molar-refractivity contribution is 5.73. The molecule has 0 rings (SSSR count). The number of aliphatic hydroxyl groups excluding tert-OH is 1. The second kappa shape index (κ2) is 19.6. The standard InChI is InChI=1S/C21H44N2O2/c1-3-5-7-11-15-20(16-12-8-6-4-2)19-23-21(25)22-17-13-9-10-14-18-24/h20,24H,3-19H2,1-2H3,(H2,22,23,25). The maximum atomic E-state index is 11.9. The van der Waals surface area contributed by atoms with Gasteiger partial charge in [-0.2, -0.15) is 0 Å². The number of rotatable bonds is 18. The van der Waals surface area contributed by atoms with Crippen molar-refractivity contribution in [2.24, 2.45) is 5.92 Å². The van der Waals surface area contributed by atoms with Crippen LogP contribution in [0.2, 0.25) is 0 Å². The highest BCUT2D eigenvalue weighted by Crippen LogP contribution is 2.17. The van der Waals surface area contributed by atoms with Crippen molar-refractivity contribution in [1.82, 2.24) is 10.6 Å². The zero-order valence-corrected chi connectivity index (χ0v) is 17.0. The van der Waals surface area contributed by atoms with Gasteiger partial charge in [0.05, 0.1) is 0 Å². The Morgan fingerprint density at radius 1 is 0.760 bits per heavy atom. The smallest absolute Gasteiger partial charge is 0.314 e. The van der Waals surface area contributed by atoms with Gasteiger partial charge in [0, 0.05) is 19.7 Å². The summed E-state index contributed by atoms with van der Waals surface area (Å²) in [5.74, 6) is 0.629. The fraction of sp³-hybridized carbons (Fsp3) is 0.952. The van der Waals surface area contributed by atoms with Gasteiger partial charge in [-0.3, -0.25) is 0 Å². The van der Waals surface area contributed by atoms with Crippen molar-refractivity contribution in [1.29, 1.82) is 0 Å². The van der Waals surface area contributed by atoms with Crippen LogP contribution >= 0.6 is 0 Å². The lowest BCUT2D eigenvalue weighted by Gasteiger charge is -2.18. The van der Waals surface area contributed by atoms with Gasteiger partial charge in [-0.25, -0.2) is 4.79 Å². The monoisotopic (exact) mass is 356 g/mol. The van der Waals surface area contributed by atoms with Crippen molar-refractivity contribution in [3.8, 4) is 0 Å².